The van der Waals surface area contributed by atoms with Gasteiger partial charge in [0.05, 0.1) is 13.0 Å². The van der Waals surface area contributed by atoms with Gasteiger partial charge < -0.3 is 16.0 Å². The van der Waals surface area contributed by atoms with E-state index in [1.807, 2.05) is 6.92 Å². The molecule has 1 fully saturated rings. The van der Waals surface area contributed by atoms with E-state index >= 15 is 0 Å². The molecule has 0 aliphatic carbocycles. The molecule has 6 nitrogen and oxygen atoms in total. The summed E-state index contributed by atoms with van der Waals surface area (Å²) in [6.07, 6.45) is 4.03. The van der Waals surface area contributed by atoms with E-state index < -0.39 is 0 Å². The van der Waals surface area contributed by atoms with Gasteiger partial charge in [-0.1, -0.05) is 18.6 Å². The van der Waals surface area contributed by atoms with Crippen molar-refractivity contribution in [1.82, 2.24) is 20.9 Å². The second-order valence-corrected chi connectivity index (χ2v) is 8.14. The predicted octanol–water partition coefficient (Wildman–Crippen LogP) is 2.92. The molecule has 1 aliphatic rings. The van der Waals surface area contributed by atoms with E-state index in [-0.39, 0.29) is 47.7 Å². The average molecular weight is 533 g/mol. The van der Waals surface area contributed by atoms with Gasteiger partial charge in [0, 0.05) is 25.2 Å². The number of hydrogen-bond donors (Lipinski definition) is 3. The lowest BCUT2D eigenvalue weighted by atomic mass is 9.99. The molecule has 0 unspecified atom stereocenters. The Morgan fingerprint density at radius 1 is 1.13 bits per heavy atom. The number of carbonyl (C=O) groups excluding carboxylic acids is 1. The summed E-state index contributed by atoms with van der Waals surface area (Å²) in [6.45, 7) is 11.4. The monoisotopic (exact) mass is 533 g/mol. The fraction of sp³-hybridized carbons (Fsp3) is 0.636. The average Bonchev–Trinajstić information content (AvgIpc) is 2.70. The van der Waals surface area contributed by atoms with Gasteiger partial charge in [0.2, 0.25) is 5.91 Å². The quantitative estimate of drug-likeness (QED) is 0.198. The van der Waals surface area contributed by atoms with Crippen molar-refractivity contribution in [2.24, 2.45) is 4.99 Å². The van der Waals surface area contributed by atoms with Crippen molar-refractivity contribution < 1.29 is 9.18 Å². The summed E-state index contributed by atoms with van der Waals surface area (Å²) in [5.41, 5.74) is 0.701. The summed E-state index contributed by atoms with van der Waals surface area (Å²) in [4.78, 5) is 19.3. The molecule has 3 N–H and O–H groups in total. The third kappa shape index (κ3) is 9.59. The highest BCUT2D eigenvalue weighted by Crippen LogP contribution is 2.20. The lowest BCUT2D eigenvalue weighted by Gasteiger charge is -2.40. The minimum Gasteiger partial charge on any atom is -0.357 e. The Labute approximate surface area is 197 Å². The molecule has 0 atom stereocenters. The van der Waals surface area contributed by atoms with Crippen LogP contribution in [-0.4, -0.2) is 61.6 Å². The van der Waals surface area contributed by atoms with Crippen molar-refractivity contribution >= 4 is 35.8 Å². The fourth-order valence-electron chi connectivity index (χ4n) is 3.49. The summed E-state index contributed by atoms with van der Waals surface area (Å²) in [6, 6.07) is 6.13. The molecule has 0 radical (unpaired) electrons. The van der Waals surface area contributed by atoms with E-state index in [1.165, 1.54) is 31.4 Å². The van der Waals surface area contributed by atoms with Crippen LogP contribution in [0.1, 0.15) is 45.6 Å². The maximum atomic E-state index is 13.2. The second kappa shape index (κ2) is 13.8. The van der Waals surface area contributed by atoms with Gasteiger partial charge in [0.15, 0.2) is 5.96 Å². The highest BCUT2D eigenvalue weighted by Gasteiger charge is 2.27. The number of amides is 1. The molecule has 1 saturated heterocycles. The zero-order valence-electron chi connectivity index (χ0n) is 18.5. The van der Waals surface area contributed by atoms with E-state index in [2.05, 4.69) is 34.7 Å². The number of hydrogen-bond acceptors (Lipinski definition) is 3. The molecule has 0 saturated carbocycles. The number of nitrogens with one attached hydrogen (secondary N) is 3. The summed E-state index contributed by atoms with van der Waals surface area (Å²) in [5.74, 6) is 0.318. The van der Waals surface area contributed by atoms with Crippen LogP contribution < -0.4 is 16.0 Å². The number of guanidine groups is 1. The summed E-state index contributed by atoms with van der Waals surface area (Å²) < 4.78 is 13.2. The number of aliphatic imine (C=N–C) groups is 1. The van der Waals surface area contributed by atoms with Gasteiger partial charge in [-0.25, -0.2) is 4.39 Å². The van der Waals surface area contributed by atoms with E-state index in [9.17, 15) is 9.18 Å². The fourth-order valence-corrected chi connectivity index (χ4v) is 3.49. The van der Waals surface area contributed by atoms with Gasteiger partial charge in [-0.15, -0.1) is 24.0 Å². The van der Waals surface area contributed by atoms with Gasteiger partial charge in [0.25, 0.3) is 0 Å². The molecule has 170 valence electrons. The van der Waals surface area contributed by atoms with E-state index in [4.69, 9.17) is 4.99 Å². The van der Waals surface area contributed by atoms with Crippen molar-refractivity contribution in [2.45, 2.75) is 52.0 Å². The maximum absolute atomic E-state index is 13.2. The molecule has 1 aromatic carbocycles. The van der Waals surface area contributed by atoms with Crippen LogP contribution in [0.4, 0.5) is 4.39 Å². The Balaban J connectivity index is 0.00000450. The van der Waals surface area contributed by atoms with Crippen LogP contribution in [0, 0.1) is 5.82 Å². The number of rotatable bonds is 9. The van der Waals surface area contributed by atoms with Crippen molar-refractivity contribution in [1.29, 1.82) is 0 Å². The Hall–Kier alpha value is -1.42. The zero-order valence-corrected chi connectivity index (χ0v) is 20.8. The van der Waals surface area contributed by atoms with Crippen molar-refractivity contribution in [3.63, 3.8) is 0 Å². The molecular formula is C22H37FIN5O. The Morgan fingerprint density at radius 2 is 1.83 bits per heavy atom. The Kier molecular flexibility index (Phi) is 12.2. The minimum atomic E-state index is -0.323. The molecule has 1 amide bonds. The van der Waals surface area contributed by atoms with Crippen LogP contribution in [0.3, 0.4) is 0 Å². The highest BCUT2D eigenvalue weighted by atomic mass is 127. The number of likely N-dealkylation sites (tertiary alicyclic amines) is 1. The highest BCUT2D eigenvalue weighted by molar-refractivity contribution is 14.0. The first-order valence-corrected chi connectivity index (χ1v) is 10.7. The Bertz CT molecular complexity index is 677. The zero-order chi connectivity index (χ0) is 21.1. The summed E-state index contributed by atoms with van der Waals surface area (Å²) in [5, 5.41) is 9.39. The molecule has 30 heavy (non-hydrogen) atoms. The molecule has 1 aromatic rings. The first-order chi connectivity index (χ1) is 13.9. The van der Waals surface area contributed by atoms with Gasteiger partial charge in [-0.3, -0.25) is 14.7 Å². The van der Waals surface area contributed by atoms with Gasteiger partial charge in [0.1, 0.15) is 5.82 Å². The summed E-state index contributed by atoms with van der Waals surface area (Å²) >= 11 is 0. The van der Waals surface area contributed by atoms with Crippen LogP contribution in [0.25, 0.3) is 0 Å². The predicted molar refractivity (Wildman–Crippen MR) is 132 cm³/mol. The largest absolute Gasteiger partial charge is 0.357 e. The van der Waals surface area contributed by atoms with Crippen LogP contribution in [-0.2, 0) is 11.2 Å². The molecule has 0 aromatic heterocycles. The van der Waals surface area contributed by atoms with E-state index in [1.54, 1.807) is 12.1 Å². The molecular weight excluding hydrogens is 496 g/mol. The molecule has 1 aliphatic heterocycles. The molecule has 8 heteroatoms. The topological polar surface area (TPSA) is 68.8 Å². The number of halogens is 2. The second-order valence-electron chi connectivity index (χ2n) is 8.14. The van der Waals surface area contributed by atoms with Gasteiger partial charge in [-0.2, -0.15) is 0 Å². The van der Waals surface area contributed by atoms with Gasteiger partial charge >= 0.3 is 0 Å². The van der Waals surface area contributed by atoms with E-state index in [0.29, 0.717) is 25.2 Å². The van der Waals surface area contributed by atoms with Crippen LogP contribution in [0.5, 0.6) is 0 Å². The van der Waals surface area contributed by atoms with E-state index in [0.717, 1.165) is 25.6 Å². The first-order valence-electron chi connectivity index (χ1n) is 10.7. The number of nitrogens with zero attached hydrogens (tertiary/aromatic N) is 2. The number of carbonyl (C=O) groups is 1. The minimum absolute atomic E-state index is 0. The molecule has 0 spiro atoms. The summed E-state index contributed by atoms with van der Waals surface area (Å²) in [7, 11) is 0. The van der Waals surface area contributed by atoms with Crippen LogP contribution in [0.2, 0.25) is 0 Å². The maximum Gasteiger partial charge on any atom is 0.224 e. The number of piperidine rings is 1. The van der Waals surface area contributed by atoms with Crippen molar-refractivity contribution in [3.8, 4) is 0 Å². The number of benzene rings is 1. The Morgan fingerprint density at radius 3 is 2.50 bits per heavy atom. The standard InChI is InChI=1S/C22H36FN5O.HI/c1-4-24-21(27-17-22(2,3)28-13-6-5-7-14-28)26-12-11-25-20(29)16-18-9-8-10-19(23)15-18;/h8-10,15H,4-7,11-14,16-17H2,1-3H3,(H,25,29)(H2,24,26,27);1H. The first kappa shape index (κ1) is 26.6. The molecule has 1 heterocycles. The molecule has 0 bridgehead atoms. The SMILES string of the molecule is CCNC(=NCC(C)(C)N1CCCCC1)NCCNC(=O)Cc1cccc(F)c1.I. The van der Waals surface area contributed by atoms with Crippen molar-refractivity contribution in [3.05, 3.63) is 35.6 Å². The lowest BCUT2D eigenvalue weighted by molar-refractivity contribution is -0.120. The smallest absolute Gasteiger partial charge is 0.224 e. The van der Waals surface area contributed by atoms with Crippen molar-refractivity contribution in [2.75, 3.05) is 39.3 Å². The molecule has 2 rings (SSSR count). The third-order valence-corrected chi connectivity index (χ3v) is 5.17. The normalized spacial score (nSPS) is 15.3. The van der Waals surface area contributed by atoms with Gasteiger partial charge in [-0.05, 0) is 64.4 Å². The van der Waals surface area contributed by atoms with Crippen LogP contribution in [0.15, 0.2) is 29.3 Å². The third-order valence-electron chi connectivity index (χ3n) is 5.17. The lowest BCUT2D eigenvalue weighted by Crippen LogP contribution is -2.50. The van der Waals surface area contributed by atoms with Crippen LogP contribution >= 0.6 is 24.0 Å².